The van der Waals surface area contributed by atoms with Crippen LogP contribution < -0.4 is 14.2 Å². The van der Waals surface area contributed by atoms with Gasteiger partial charge in [-0.2, -0.15) is 0 Å². The number of nitrogens with one attached hydrogen (secondary N) is 1. The summed E-state index contributed by atoms with van der Waals surface area (Å²) in [5.41, 5.74) is 0.825. The highest BCUT2D eigenvalue weighted by molar-refractivity contribution is 7.92. The predicted octanol–water partition coefficient (Wildman–Crippen LogP) is 3.70. The largest absolute Gasteiger partial charge is 0.488 e. The van der Waals surface area contributed by atoms with Crippen LogP contribution in [0.15, 0.2) is 41.3 Å². The molecule has 31 heavy (non-hydrogen) atoms. The second kappa shape index (κ2) is 10.2. The fraction of sp³-hybridized carbons (Fsp3) is 0.476. The number of ether oxygens (including phenoxy) is 2. The van der Waals surface area contributed by atoms with Crippen LogP contribution in [0.3, 0.4) is 0 Å². The van der Waals surface area contributed by atoms with Gasteiger partial charge in [-0.1, -0.05) is 6.92 Å². The summed E-state index contributed by atoms with van der Waals surface area (Å²) in [5.74, 6) is 0.632. The Morgan fingerprint density at radius 2 is 1.97 bits per heavy atom. The van der Waals surface area contributed by atoms with E-state index in [0.717, 1.165) is 32.5 Å². The maximum Gasteiger partial charge on any atom is 0.272 e. The van der Waals surface area contributed by atoms with Crippen LogP contribution in [0.1, 0.15) is 25.5 Å². The predicted molar refractivity (Wildman–Crippen MR) is 113 cm³/mol. The monoisotopic (exact) mass is 455 g/mol. The maximum atomic E-state index is 12.7. The van der Waals surface area contributed by atoms with Crippen molar-refractivity contribution in [3.63, 3.8) is 0 Å². The topological polar surface area (TPSA) is 80.8 Å². The maximum absolute atomic E-state index is 12.7. The van der Waals surface area contributed by atoms with E-state index in [1.165, 1.54) is 24.3 Å². The molecule has 1 aromatic heterocycles. The Kier molecular flexibility index (Phi) is 7.66. The summed E-state index contributed by atoms with van der Waals surface area (Å²) in [6.45, 7) is 6.01. The highest BCUT2D eigenvalue weighted by Crippen LogP contribution is 2.24. The Morgan fingerprint density at radius 1 is 1.23 bits per heavy atom. The molecule has 1 aromatic carbocycles. The smallest absolute Gasteiger partial charge is 0.272 e. The molecule has 1 aliphatic rings. The van der Waals surface area contributed by atoms with Gasteiger partial charge in [0.05, 0.1) is 16.3 Å². The zero-order chi connectivity index (χ0) is 22.4. The average molecular weight is 456 g/mol. The van der Waals surface area contributed by atoms with Crippen molar-refractivity contribution in [2.24, 2.45) is 0 Å². The molecule has 3 rings (SSSR count). The van der Waals surface area contributed by atoms with Crippen molar-refractivity contribution >= 4 is 15.7 Å². The van der Waals surface area contributed by atoms with Crippen molar-refractivity contribution in [3.8, 4) is 11.6 Å². The number of nitrogens with zero attached hydrogens (tertiary/aromatic N) is 2. The van der Waals surface area contributed by atoms with E-state index in [1.807, 2.05) is 0 Å². The molecule has 7 nitrogen and oxygen atoms in total. The summed E-state index contributed by atoms with van der Waals surface area (Å²) < 4.78 is 63.1. The molecule has 0 aliphatic carbocycles. The number of aromatic nitrogens is 1. The molecule has 0 saturated carbocycles. The number of alkyl halides is 2. The molecule has 1 fully saturated rings. The molecule has 1 atom stereocenters. The minimum absolute atomic E-state index is 0.0152. The van der Waals surface area contributed by atoms with Gasteiger partial charge in [-0.25, -0.2) is 22.2 Å². The van der Waals surface area contributed by atoms with E-state index in [4.69, 9.17) is 9.47 Å². The number of aryl methyl sites for hydroxylation is 1. The van der Waals surface area contributed by atoms with Gasteiger partial charge in [-0.05, 0) is 56.6 Å². The number of hydrogen-bond acceptors (Lipinski definition) is 6. The van der Waals surface area contributed by atoms with Crippen molar-refractivity contribution in [2.75, 3.05) is 31.0 Å². The zero-order valence-corrected chi connectivity index (χ0v) is 18.4. The van der Waals surface area contributed by atoms with Crippen LogP contribution in [0.2, 0.25) is 0 Å². The Balaban J connectivity index is 1.62. The zero-order valence-electron chi connectivity index (χ0n) is 17.6. The summed E-state index contributed by atoms with van der Waals surface area (Å²) in [4.78, 5) is 6.72. The number of hydrogen-bond donors (Lipinski definition) is 1. The normalized spacial score (nSPS) is 17.1. The van der Waals surface area contributed by atoms with E-state index in [-0.39, 0.29) is 16.7 Å². The van der Waals surface area contributed by atoms with Crippen molar-refractivity contribution in [1.82, 2.24) is 9.88 Å². The van der Waals surface area contributed by atoms with Gasteiger partial charge in [0.2, 0.25) is 5.88 Å². The Morgan fingerprint density at radius 3 is 2.61 bits per heavy atom. The quantitative estimate of drug-likeness (QED) is 0.589. The number of benzene rings is 1. The molecule has 10 heteroatoms. The fourth-order valence-corrected chi connectivity index (χ4v) is 4.49. The second-order valence-electron chi connectivity index (χ2n) is 7.39. The summed E-state index contributed by atoms with van der Waals surface area (Å²) in [7, 11) is -3.87. The van der Waals surface area contributed by atoms with Crippen molar-refractivity contribution in [1.29, 1.82) is 0 Å². The van der Waals surface area contributed by atoms with E-state index in [0.29, 0.717) is 17.3 Å². The van der Waals surface area contributed by atoms with E-state index >= 15 is 0 Å². The minimum Gasteiger partial charge on any atom is -0.488 e. The third-order valence-corrected chi connectivity index (χ3v) is 6.25. The van der Waals surface area contributed by atoms with Gasteiger partial charge in [-0.15, -0.1) is 0 Å². The van der Waals surface area contributed by atoms with Gasteiger partial charge in [0, 0.05) is 19.2 Å². The molecule has 2 aromatic rings. The summed E-state index contributed by atoms with van der Waals surface area (Å²) in [6.07, 6.45) is -0.487. The Bertz CT molecular complexity index is 971. The number of halogens is 2. The molecular formula is C21H27F2N3O4S. The summed E-state index contributed by atoms with van der Waals surface area (Å²) in [5, 5.41) is 0. The first-order valence-corrected chi connectivity index (χ1v) is 11.7. The lowest BCUT2D eigenvalue weighted by Gasteiger charge is -2.16. The summed E-state index contributed by atoms with van der Waals surface area (Å²) in [6, 6.07) is 8.53. The van der Waals surface area contributed by atoms with Crippen LogP contribution in [0, 0.1) is 6.92 Å². The number of sulfonamides is 1. The van der Waals surface area contributed by atoms with Crippen LogP contribution >= 0.6 is 0 Å². The van der Waals surface area contributed by atoms with Crippen LogP contribution in [0.5, 0.6) is 11.6 Å². The number of rotatable bonds is 10. The lowest BCUT2D eigenvalue weighted by molar-refractivity contribution is 0.0819. The molecule has 2 heterocycles. The first-order valence-electron chi connectivity index (χ1n) is 10.2. The minimum atomic E-state index is -3.87. The SMILES string of the molecule is CCCN1CCC(Oc2ccc(NS(=O)(=O)c3ccc(OCC(F)F)cc3)c(C)n2)C1. The number of anilines is 1. The van der Waals surface area contributed by atoms with Crippen LogP contribution in [0.25, 0.3) is 0 Å². The Labute approximate surface area is 181 Å². The summed E-state index contributed by atoms with van der Waals surface area (Å²) >= 11 is 0. The fourth-order valence-electron chi connectivity index (χ4n) is 3.37. The molecule has 0 bridgehead atoms. The van der Waals surface area contributed by atoms with Crippen LogP contribution in [-0.4, -0.2) is 57.1 Å². The van der Waals surface area contributed by atoms with Crippen molar-refractivity contribution in [3.05, 3.63) is 42.1 Å². The third-order valence-electron chi connectivity index (χ3n) is 4.87. The molecule has 0 spiro atoms. The molecule has 1 unspecified atom stereocenters. The standard InChI is InChI=1S/C21H27F2N3O4S/c1-3-11-26-12-10-17(13-26)30-21-9-8-19(15(2)24-21)25-31(27,28)18-6-4-16(5-7-18)29-14-20(22)23/h4-9,17,20,25H,3,10-14H2,1-2H3. The van der Waals surface area contributed by atoms with E-state index in [1.54, 1.807) is 19.1 Å². The number of likely N-dealkylation sites (tertiary alicyclic amines) is 1. The lowest BCUT2D eigenvalue weighted by Crippen LogP contribution is -2.25. The van der Waals surface area contributed by atoms with Gasteiger partial charge in [0.15, 0.2) is 0 Å². The third kappa shape index (κ3) is 6.51. The molecule has 0 amide bonds. The van der Waals surface area contributed by atoms with Crippen LogP contribution in [0.4, 0.5) is 14.5 Å². The molecule has 170 valence electrons. The lowest BCUT2D eigenvalue weighted by atomic mass is 10.3. The van der Waals surface area contributed by atoms with E-state index in [2.05, 4.69) is 21.5 Å². The van der Waals surface area contributed by atoms with Gasteiger partial charge < -0.3 is 9.47 Å². The highest BCUT2D eigenvalue weighted by atomic mass is 32.2. The van der Waals surface area contributed by atoms with Gasteiger partial charge in [-0.3, -0.25) is 9.62 Å². The molecule has 1 N–H and O–H groups in total. The van der Waals surface area contributed by atoms with E-state index in [9.17, 15) is 17.2 Å². The van der Waals surface area contributed by atoms with E-state index < -0.39 is 23.1 Å². The Hall–Kier alpha value is -2.46. The first-order chi connectivity index (χ1) is 14.8. The average Bonchev–Trinajstić information content (AvgIpc) is 3.16. The van der Waals surface area contributed by atoms with Crippen molar-refractivity contribution < 1.29 is 26.7 Å². The molecule has 1 saturated heterocycles. The van der Waals surface area contributed by atoms with Gasteiger partial charge >= 0.3 is 0 Å². The second-order valence-corrected chi connectivity index (χ2v) is 9.07. The van der Waals surface area contributed by atoms with Gasteiger partial charge in [0.1, 0.15) is 18.5 Å². The highest BCUT2D eigenvalue weighted by Gasteiger charge is 2.24. The van der Waals surface area contributed by atoms with Crippen molar-refractivity contribution in [2.45, 2.75) is 44.1 Å². The first kappa shape index (κ1) is 23.2. The molecular weight excluding hydrogens is 428 g/mol. The number of pyridine rings is 1. The van der Waals surface area contributed by atoms with Crippen LogP contribution in [-0.2, 0) is 10.0 Å². The molecule has 1 aliphatic heterocycles. The van der Waals surface area contributed by atoms with Gasteiger partial charge in [0.25, 0.3) is 16.4 Å². The molecule has 0 radical (unpaired) electrons.